The van der Waals surface area contributed by atoms with Crippen molar-refractivity contribution in [1.82, 2.24) is 9.97 Å². The van der Waals surface area contributed by atoms with Crippen LogP contribution in [0.15, 0.2) is 0 Å². The zero-order chi connectivity index (χ0) is 12.6. The SMILES string of the molecule is Nc1nc(Cl)nc(C23CC2(C(F)(F)F)C3)c1N. The van der Waals surface area contributed by atoms with Gasteiger partial charge in [0.05, 0.1) is 16.8 Å². The highest BCUT2D eigenvalue weighted by Gasteiger charge is 2.94. The van der Waals surface area contributed by atoms with Crippen molar-refractivity contribution in [2.75, 3.05) is 11.5 Å². The van der Waals surface area contributed by atoms with Crippen molar-refractivity contribution in [3.8, 4) is 0 Å². The summed E-state index contributed by atoms with van der Waals surface area (Å²) in [7, 11) is 0. The van der Waals surface area contributed by atoms with Crippen molar-refractivity contribution in [3.63, 3.8) is 0 Å². The van der Waals surface area contributed by atoms with Gasteiger partial charge in [-0.1, -0.05) is 0 Å². The Bertz CT molecular complexity index is 522. The normalized spacial score (nSPS) is 34.4. The number of halogens is 4. The van der Waals surface area contributed by atoms with Crippen LogP contribution in [0.1, 0.15) is 18.5 Å². The van der Waals surface area contributed by atoms with Gasteiger partial charge < -0.3 is 11.5 Å². The quantitative estimate of drug-likeness (QED) is 0.759. The van der Waals surface area contributed by atoms with Crippen molar-refractivity contribution in [2.24, 2.45) is 5.41 Å². The molecule has 2 saturated carbocycles. The van der Waals surface area contributed by atoms with Gasteiger partial charge >= 0.3 is 6.18 Å². The van der Waals surface area contributed by atoms with Crippen LogP contribution < -0.4 is 11.5 Å². The number of nitrogen functional groups attached to an aromatic ring is 2. The van der Waals surface area contributed by atoms with Gasteiger partial charge in [0.25, 0.3) is 0 Å². The summed E-state index contributed by atoms with van der Waals surface area (Å²) in [5.74, 6) is -0.0655. The zero-order valence-corrected chi connectivity index (χ0v) is 9.23. The van der Waals surface area contributed by atoms with Crippen molar-refractivity contribution >= 4 is 23.1 Å². The van der Waals surface area contributed by atoms with E-state index in [0.29, 0.717) is 0 Å². The summed E-state index contributed by atoms with van der Waals surface area (Å²) in [5.41, 5.74) is 8.60. The van der Waals surface area contributed by atoms with Crippen LogP contribution in [-0.4, -0.2) is 16.1 Å². The van der Waals surface area contributed by atoms with Gasteiger partial charge in [-0.25, -0.2) is 4.98 Å². The number of hydrogen-bond acceptors (Lipinski definition) is 4. The highest BCUT2D eigenvalue weighted by molar-refractivity contribution is 6.28. The van der Waals surface area contributed by atoms with Gasteiger partial charge in [0, 0.05) is 5.41 Å². The minimum atomic E-state index is -4.23. The van der Waals surface area contributed by atoms with Gasteiger partial charge in [-0.2, -0.15) is 18.2 Å². The molecule has 2 aliphatic carbocycles. The van der Waals surface area contributed by atoms with E-state index in [1.54, 1.807) is 0 Å². The third-order valence-electron chi connectivity index (χ3n) is 3.82. The molecule has 0 saturated heterocycles. The maximum absolute atomic E-state index is 12.8. The van der Waals surface area contributed by atoms with Crippen LogP contribution >= 0.6 is 11.6 Å². The first kappa shape index (κ1) is 10.9. The number of nitrogens with two attached hydrogens (primary N) is 2. The van der Waals surface area contributed by atoms with Gasteiger partial charge in [0.15, 0.2) is 5.82 Å². The molecule has 2 fully saturated rings. The van der Waals surface area contributed by atoms with Crippen LogP contribution in [0, 0.1) is 5.41 Å². The second-order valence-corrected chi connectivity index (χ2v) is 4.99. The monoisotopic (exact) mass is 264 g/mol. The molecule has 0 aliphatic heterocycles. The largest absolute Gasteiger partial charge is 0.395 e. The number of rotatable bonds is 1. The maximum atomic E-state index is 12.8. The third kappa shape index (κ3) is 1.10. The number of hydrogen-bond donors (Lipinski definition) is 2. The lowest BCUT2D eigenvalue weighted by Crippen LogP contribution is -2.16. The Morgan fingerprint density at radius 1 is 1.18 bits per heavy atom. The van der Waals surface area contributed by atoms with Crippen LogP contribution in [0.5, 0.6) is 0 Å². The number of fused-ring (bicyclic) bond motifs is 1. The zero-order valence-electron chi connectivity index (χ0n) is 8.48. The molecule has 17 heavy (non-hydrogen) atoms. The molecule has 0 aromatic carbocycles. The molecule has 8 heteroatoms. The first-order valence-electron chi connectivity index (χ1n) is 4.89. The summed E-state index contributed by atoms with van der Waals surface area (Å²) < 4.78 is 38.3. The molecular formula is C9H8ClF3N4. The lowest BCUT2D eigenvalue weighted by Gasteiger charge is -2.08. The van der Waals surface area contributed by atoms with Crippen LogP contribution in [0.4, 0.5) is 24.7 Å². The average molecular weight is 265 g/mol. The smallest absolute Gasteiger partial charge is 0.394 e. The predicted molar refractivity (Wildman–Crippen MR) is 55.3 cm³/mol. The number of aromatic nitrogens is 2. The predicted octanol–water partition coefficient (Wildman–Crippen LogP) is 1.89. The Kier molecular flexibility index (Phi) is 1.67. The molecule has 92 valence electrons. The van der Waals surface area contributed by atoms with Crippen LogP contribution in [-0.2, 0) is 5.41 Å². The van der Waals surface area contributed by atoms with E-state index in [0.717, 1.165) is 0 Å². The standard InChI is InChI=1S/C9H8ClF3N4/c10-6-16-4(3(14)5(15)17-6)7-1-8(7,2-7)9(11,12)13/h1-2,14H2,(H2,15,16,17). The van der Waals surface area contributed by atoms with E-state index >= 15 is 0 Å². The van der Waals surface area contributed by atoms with Crippen molar-refractivity contribution < 1.29 is 13.2 Å². The minimum Gasteiger partial charge on any atom is -0.394 e. The summed E-state index contributed by atoms with van der Waals surface area (Å²) in [6, 6.07) is 0. The fourth-order valence-electron chi connectivity index (χ4n) is 2.58. The van der Waals surface area contributed by atoms with Gasteiger partial charge in [-0.15, -0.1) is 0 Å². The van der Waals surface area contributed by atoms with E-state index < -0.39 is 17.0 Å². The fourth-order valence-corrected chi connectivity index (χ4v) is 2.75. The summed E-state index contributed by atoms with van der Waals surface area (Å²) >= 11 is 5.60. The minimum absolute atomic E-state index is 0.0121. The lowest BCUT2D eigenvalue weighted by atomic mass is 10.1. The summed E-state index contributed by atoms with van der Waals surface area (Å²) in [6.45, 7) is 0. The molecule has 1 aromatic rings. The molecule has 1 heterocycles. The molecule has 0 unspecified atom stereocenters. The van der Waals surface area contributed by atoms with E-state index in [4.69, 9.17) is 23.1 Å². The molecule has 0 radical (unpaired) electrons. The van der Waals surface area contributed by atoms with Crippen LogP contribution in [0.25, 0.3) is 0 Å². The molecule has 0 amide bonds. The van der Waals surface area contributed by atoms with Crippen molar-refractivity contribution in [3.05, 3.63) is 11.0 Å². The van der Waals surface area contributed by atoms with Gasteiger partial charge in [0.1, 0.15) is 0 Å². The van der Waals surface area contributed by atoms with Crippen LogP contribution in [0.3, 0.4) is 0 Å². The second-order valence-electron chi connectivity index (χ2n) is 4.66. The molecule has 4 nitrogen and oxygen atoms in total. The number of alkyl halides is 3. The topological polar surface area (TPSA) is 77.8 Å². The summed E-state index contributed by atoms with van der Waals surface area (Å²) in [5, 5.41) is -0.170. The van der Waals surface area contributed by atoms with E-state index in [-0.39, 0.29) is 35.3 Å². The summed E-state index contributed by atoms with van der Waals surface area (Å²) in [6.07, 6.45) is -4.20. The van der Waals surface area contributed by atoms with E-state index in [1.165, 1.54) is 0 Å². The van der Waals surface area contributed by atoms with Crippen LogP contribution in [0.2, 0.25) is 5.28 Å². The first-order chi connectivity index (χ1) is 7.73. The molecule has 1 aromatic heterocycles. The fraction of sp³-hybridized carbons (Fsp3) is 0.556. The Hall–Kier alpha value is -1.24. The molecule has 3 rings (SSSR count). The molecule has 0 bridgehead atoms. The Morgan fingerprint density at radius 3 is 2.24 bits per heavy atom. The lowest BCUT2D eigenvalue weighted by molar-refractivity contribution is -0.167. The first-order valence-corrected chi connectivity index (χ1v) is 5.27. The number of anilines is 2. The third-order valence-corrected chi connectivity index (χ3v) is 3.99. The van der Waals surface area contributed by atoms with E-state index in [9.17, 15) is 13.2 Å². The van der Waals surface area contributed by atoms with Crippen molar-refractivity contribution in [1.29, 1.82) is 0 Å². The van der Waals surface area contributed by atoms with E-state index in [2.05, 4.69) is 9.97 Å². The average Bonchev–Trinajstić information content (AvgIpc) is 2.94. The number of nitrogens with zero attached hydrogens (tertiary/aromatic N) is 2. The molecular weight excluding hydrogens is 257 g/mol. The Balaban J connectivity index is 2.06. The van der Waals surface area contributed by atoms with Gasteiger partial charge in [-0.05, 0) is 24.4 Å². The van der Waals surface area contributed by atoms with E-state index in [1.807, 2.05) is 0 Å². The molecule has 0 spiro atoms. The molecule has 4 N–H and O–H groups in total. The molecule has 0 atom stereocenters. The van der Waals surface area contributed by atoms with Crippen molar-refractivity contribution in [2.45, 2.75) is 24.4 Å². The second kappa shape index (κ2) is 2.60. The Morgan fingerprint density at radius 2 is 1.76 bits per heavy atom. The van der Waals surface area contributed by atoms with Gasteiger partial charge in [-0.3, -0.25) is 0 Å². The highest BCUT2D eigenvalue weighted by atomic mass is 35.5. The molecule has 2 aliphatic rings. The summed E-state index contributed by atoms with van der Waals surface area (Å²) in [4.78, 5) is 7.42. The maximum Gasteiger partial charge on any atom is 0.395 e. The highest BCUT2D eigenvalue weighted by Crippen LogP contribution is 2.90. The van der Waals surface area contributed by atoms with Gasteiger partial charge in [0.2, 0.25) is 5.28 Å². The Labute approximate surface area is 99.2 Å².